The molecule has 6 heteroatoms. The highest BCUT2D eigenvalue weighted by Gasteiger charge is 2.29. The van der Waals surface area contributed by atoms with Crippen molar-refractivity contribution in [1.29, 1.82) is 0 Å². The van der Waals surface area contributed by atoms with E-state index in [1.807, 2.05) is 18.2 Å². The minimum Gasteiger partial charge on any atom is -0.222 e. The lowest BCUT2D eigenvalue weighted by Gasteiger charge is -2.17. The van der Waals surface area contributed by atoms with Crippen molar-refractivity contribution < 1.29 is 33.3 Å². The van der Waals surface area contributed by atoms with Gasteiger partial charge in [-0.3, -0.25) is 0 Å². The Morgan fingerprint density at radius 3 is 2.04 bits per heavy atom. The predicted molar refractivity (Wildman–Crippen MR) is 76.8 cm³/mol. The van der Waals surface area contributed by atoms with Crippen molar-refractivity contribution in [2.24, 2.45) is 0 Å². The summed E-state index contributed by atoms with van der Waals surface area (Å²) >= 11 is 0. The van der Waals surface area contributed by atoms with Gasteiger partial charge in [0.25, 0.3) is 0 Å². The molecular weight excluding hydrogens is 332 g/mol. The zero-order chi connectivity index (χ0) is 17.2. The fourth-order valence-electron chi connectivity index (χ4n) is 2.71. The van der Waals surface area contributed by atoms with Gasteiger partial charge in [0.1, 0.15) is 0 Å². The molecule has 5 nitrogen and oxygen atoms in total. The van der Waals surface area contributed by atoms with Crippen LogP contribution in [0.15, 0.2) is 71.1 Å². The Hall–Kier alpha value is -2.28. The van der Waals surface area contributed by atoms with Gasteiger partial charge in [-0.1, -0.05) is 42.5 Å². The van der Waals surface area contributed by atoms with Gasteiger partial charge in [-0.2, -0.15) is 0 Å². The Morgan fingerprint density at radius 2 is 1.33 bits per heavy atom. The van der Waals surface area contributed by atoms with Crippen LogP contribution in [0.2, 0.25) is 0 Å². The van der Waals surface area contributed by atoms with Gasteiger partial charge >= 0.3 is 11.5 Å². The molecule has 24 heavy (non-hydrogen) atoms. The van der Waals surface area contributed by atoms with Gasteiger partial charge < -0.3 is 0 Å². The summed E-state index contributed by atoms with van der Waals surface area (Å²) in [7, 11) is -4.94. The molecule has 122 valence electrons. The quantitative estimate of drug-likeness (QED) is 0.454. The molecule has 1 aliphatic rings. The van der Waals surface area contributed by atoms with E-state index in [9.17, 15) is 0 Å². The fraction of sp³-hybridized carbons (Fsp3) is 0.0556. The normalized spacial score (nSPS) is 12.0. The van der Waals surface area contributed by atoms with Crippen molar-refractivity contribution in [3.8, 4) is 22.5 Å². The van der Waals surface area contributed by atoms with Gasteiger partial charge in [0.15, 0.2) is 0 Å². The van der Waals surface area contributed by atoms with Crippen LogP contribution in [0.3, 0.4) is 0 Å². The first-order valence-corrected chi connectivity index (χ1v) is 8.37. The van der Waals surface area contributed by atoms with Crippen LogP contribution in [0, 0.1) is 10.2 Å². The van der Waals surface area contributed by atoms with E-state index in [1.165, 1.54) is 16.7 Å². The SMILES string of the molecule is [O-][Cl+3]([O-])([O-])[O-].c1ccc(-c2ccc3c([o+]2)Cc2ccccc2-3)cc1. The number of halogens is 1. The molecule has 3 aromatic rings. The highest BCUT2D eigenvalue weighted by atomic mass is 35.7. The minimum atomic E-state index is -4.94. The van der Waals surface area contributed by atoms with Crippen molar-refractivity contribution in [2.75, 3.05) is 0 Å². The zero-order valence-corrected chi connectivity index (χ0v) is 13.2. The van der Waals surface area contributed by atoms with E-state index in [1.54, 1.807) is 0 Å². The van der Waals surface area contributed by atoms with Gasteiger partial charge in [-0.05, 0) is 29.3 Å². The standard InChI is InChI=1S/C18H13O.ClHO4/c1-2-6-13(7-3-1)17-11-10-16-15-9-5-4-8-14(15)12-18(16)19-17;2-1(3,4)5/h1-11H,12H2;(H,2,3,4,5)/q+1;/p-1. The van der Waals surface area contributed by atoms with Gasteiger partial charge in [-0.15, -0.1) is 10.2 Å². The summed E-state index contributed by atoms with van der Waals surface area (Å²) in [6.07, 6.45) is 0.895. The second-order valence-corrected chi connectivity index (χ2v) is 5.97. The summed E-state index contributed by atoms with van der Waals surface area (Å²) in [5.41, 5.74) is 5.02. The average molecular weight is 345 g/mol. The van der Waals surface area contributed by atoms with Crippen LogP contribution in [0.25, 0.3) is 22.5 Å². The monoisotopic (exact) mass is 344 g/mol. The molecule has 0 radical (unpaired) electrons. The highest BCUT2D eigenvalue weighted by molar-refractivity contribution is 5.75. The first kappa shape index (κ1) is 16.6. The maximum absolute atomic E-state index is 8.49. The molecule has 0 aliphatic heterocycles. The van der Waals surface area contributed by atoms with E-state index in [0.717, 1.165) is 23.5 Å². The number of fused-ring (bicyclic) bond motifs is 3. The van der Waals surface area contributed by atoms with Crippen LogP contribution in [0.4, 0.5) is 0 Å². The molecule has 0 atom stereocenters. The Kier molecular flexibility index (Phi) is 4.62. The zero-order valence-electron chi connectivity index (χ0n) is 12.5. The lowest BCUT2D eigenvalue weighted by atomic mass is 10.1. The molecule has 0 spiro atoms. The summed E-state index contributed by atoms with van der Waals surface area (Å²) in [6.45, 7) is 0. The molecule has 0 saturated carbocycles. The third-order valence-electron chi connectivity index (χ3n) is 3.65. The maximum Gasteiger partial charge on any atom is 0.360 e. The molecule has 1 aromatic heterocycles. The van der Waals surface area contributed by atoms with Gasteiger partial charge in [-0.25, -0.2) is 23.1 Å². The van der Waals surface area contributed by atoms with Crippen molar-refractivity contribution in [3.63, 3.8) is 0 Å². The smallest absolute Gasteiger partial charge is 0.222 e. The number of hydrogen-bond donors (Lipinski definition) is 0. The van der Waals surface area contributed by atoms with E-state index in [-0.39, 0.29) is 0 Å². The molecular formula is C18H13ClO5. The number of hydrogen-bond acceptors (Lipinski definition) is 4. The van der Waals surface area contributed by atoms with Gasteiger partial charge in [0.05, 0.1) is 17.5 Å². The summed E-state index contributed by atoms with van der Waals surface area (Å²) in [4.78, 5) is 0. The number of rotatable bonds is 1. The van der Waals surface area contributed by atoms with E-state index in [4.69, 9.17) is 23.1 Å². The van der Waals surface area contributed by atoms with Crippen LogP contribution in [0.1, 0.15) is 11.3 Å². The van der Waals surface area contributed by atoms with Gasteiger partial charge in [0, 0.05) is 6.07 Å². The first-order valence-electron chi connectivity index (χ1n) is 7.13. The van der Waals surface area contributed by atoms with Crippen LogP contribution >= 0.6 is 0 Å². The Morgan fingerprint density at radius 1 is 0.708 bits per heavy atom. The molecule has 1 heterocycles. The summed E-state index contributed by atoms with van der Waals surface area (Å²) in [5, 5.41) is 0. The fourth-order valence-corrected chi connectivity index (χ4v) is 2.71. The van der Waals surface area contributed by atoms with E-state index >= 15 is 0 Å². The predicted octanol–water partition coefficient (Wildman–Crippen LogP) is 0.0429. The van der Waals surface area contributed by atoms with Crippen molar-refractivity contribution in [2.45, 2.75) is 6.42 Å². The lowest BCUT2D eigenvalue weighted by Crippen LogP contribution is -2.68. The molecule has 0 bridgehead atoms. The minimum absolute atomic E-state index is 0.895. The van der Waals surface area contributed by atoms with E-state index in [2.05, 4.69) is 48.5 Å². The van der Waals surface area contributed by atoms with Gasteiger partial charge in [0.2, 0.25) is 0 Å². The van der Waals surface area contributed by atoms with Crippen LogP contribution in [0.5, 0.6) is 0 Å². The Bertz CT molecular complexity index is 838. The average Bonchev–Trinajstić information content (AvgIpc) is 2.92. The van der Waals surface area contributed by atoms with Crippen LogP contribution in [-0.2, 0) is 6.42 Å². The summed E-state index contributed by atoms with van der Waals surface area (Å²) in [6, 6.07) is 23.0. The third kappa shape index (κ3) is 3.97. The maximum atomic E-state index is 8.49. The first-order chi connectivity index (χ1) is 11.4. The highest BCUT2D eigenvalue weighted by Crippen LogP contribution is 2.38. The molecule has 0 fully saturated rings. The summed E-state index contributed by atoms with van der Waals surface area (Å²) in [5.74, 6) is 2.01. The van der Waals surface area contributed by atoms with E-state index < -0.39 is 10.2 Å². The van der Waals surface area contributed by atoms with E-state index in [0.29, 0.717) is 0 Å². The van der Waals surface area contributed by atoms with Crippen LogP contribution in [-0.4, -0.2) is 0 Å². The molecule has 0 N–H and O–H groups in total. The molecule has 4 rings (SSSR count). The largest absolute Gasteiger partial charge is 0.360 e. The molecule has 2 aromatic carbocycles. The Balaban J connectivity index is 0.000000300. The van der Waals surface area contributed by atoms with Crippen molar-refractivity contribution in [3.05, 3.63) is 78.1 Å². The third-order valence-corrected chi connectivity index (χ3v) is 3.65. The van der Waals surface area contributed by atoms with Crippen molar-refractivity contribution >= 4 is 0 Å². The molecule has 0 unspecified atom stereocenters. The van der Waals surface area contributed by atoms with Crippen LogP contribution < -0.4 is 18.6 Å². The molecule has 1 aliphatic carbocycles. The Labute approximate surface area is 140 Å². The summed E-state index contributed by atoms with van der Waals surface area (Å²) < 4.78 is 40.1. The number of benzene rings is 2. The molecule has 0 amide bonds. The second-order valence-electron chi connectivity index (χ2n) is 5.21. The lowest BCUT2D eigenvalue weighted by molar-refractivity contribution is -2.00. The molecule has 0 saturated heterocycles. The van der Waals surface area contributed by atoms with Crippen molar-refractivity contribution in [1.82, 2.24) is 0 Å². The second kappa shape index (κ2) is 6.68. The topological polar surface area (TPSA) is 104 Å².